The van der Waals surface area contributed by atoms with Crippen molar-refractivity contribution in [2.75, 3.05) is 17.7 Å². The predicted octanol–water partition coefficient (Wildman–Crippen LogP) is 1.70. The van der Waals surface area contributed by atoms with Crippen molar-refractivity contribution in [1.29, 1.82) is 0 Å². The molecule has 0 bridgehead atoms. The van der Waals surface area contributed by atoms with Gasteiger partial charge in [-0.15, -0.1) is 0 Å². The van der Waals surface area contributed by atoms with Crippen LogP contribution in [0.2, 0.25) is 0 Å². The summed E-state index contributed by atoms with van der Waals surface area (Å²) in [4.78, 5) is 22.0. The van der Waals surface area contributed by atoms with E-state index >= 15 is 0 Å². The van der Waals surface area contributed by atoms with E-state index in [9.17, 15) is 9.59 Å². The number of urea groups is 1. The fourth-order valence-corrected chi connectivity index (χ4v) is 1.22. The third-order valence-corrected chi connectivity index (χ3v) is 2.03. The Balaban J connectivity index is 2.90. The second-order valence-electron chi connectivity index (χ2n) is 3.42. The molecule has 0 aliphatic carbocycles. The molecule has 0 saturated carbocycles. The monoisotopic (exact) mass is 221 g/mol. The van der Waals surface area contributed by atoms with E-state index in [-0.39, 0.29) is 11.9 Å². The number of nitrogens with one attached hydrogen (secondary N) is 3. The van der Waals surface area contributed by atoms with Crippen LogP contribution >= 0.6 is 0 Å². The number of rotatable bonds is 2. The zero-order valence-electron chi connectivity index (χ0n) is 9.55. The minimum Gasteiger partial charge on any atom is -0.341 e. The number of amides is 3. The summed E-state index contributed by atoms with van der Waals surface area (Å²) >= 11 is 0. The first-order valence-electron chi connectivity index (χ1n) is 4.90. The first-order valence-corrected chi connectivity index (χ1v) is 4.90. The number of carbonyl (C=O) groups is 2. The van der Waals surface area contributed by atoms with Crippen LogP contribution in [0.4, 0.5) is 16.2 Å². The van der Waals surface area contributed by atoms with E-state index in [1.54, 1.807) is 19.2 Å². The summed E-state index contributed by atoms with van der Waals surface area (Å²) in [6.45, 7) is 3.31. The van der Waals surface area contributed by atoms with Gasteiger partial charge in [0.1, 0.15) is 0 Å². The molecule has 0 unspecified atom stereocenters. The summed E-state index contributed by atoms with van der Waals surface area (Å²) in [6, 6.07) is 5.04. The van der Waals surface area contributed by atoms with Gasteiger partial charge in [-0.05, 0) is 24.6 Å². The van der Waals surface area contributed by atoms with Crippen LogP contribution < -0.4 is 16.0 Å². The lowest BCUT2D eigenvalue weighted by Crippen LogP contribution is -2.24. The van der Waals surface area contributed by atoms with Crippen molar-refractivity contribution < 1.29 is 9.59 Å². The number of anilines is 2. The van der Waals surface area contributed by atoms with Crippen LogP contribution in [0.1, 0.15) is 12.5 Å². The molecule has 0 saturated heterocycles. The average molecular weight is 221 g/mol. The summed E-state index contributed by atoms with van der Waals surface area (Å²) in [5, 5.41) is 7.79. The molecule has 0 spiro atoms. The zero-order chi connectivity index (χ0) is 12.1. The van der Waals surface area contributed by atoms with Crippen LogP contribution in [0.15, 0.2) is 18.2 Å². The summed E-state index contributed by atoms with van der Waals surface area (Å²) in [5.74, 6) is -0.144. The standard InChI is InChI=1S/C11H15N3O2/c1-7-4-5-9(13-8(2)15)6-10(7)14-11(16)12-3/h4-6H,1-3H3,(H,13,15)(H2,12,14,16). The molecule has 0 fully saturated rings. The number of carbonyl (C=O) groups excluding carboxylic acids is 2. The Labute approximate surface area is 94.2 Å². The average Bonchev–Trinajstić information content (AvgIpc) is 2.22. The van der Waals surface area contributed by atoms with Crippen LogP contribution in [0.25, 0.3) is 0 Å². The van der Waals surface area contributed by atoms with Gasteiger partial charge in [-0.25, -0.2) is 4.79 Å². The SMILES string of the molecule is CNC(=O)Nc1cc(NC(C)=O)ccc1C. The van der Waals surface area contributed by atoms with Gasteiger partial charge in [0.05, 0.1) is 0 Å². The van der Waals surface area contributed by atoms with Gasteiger partial charge in [-0.2, -0.15) is 0 Å². The van der Waals surface area contributed by atoms with Crippen molar-refractivity contribution in [1.82, 2.24) is 5.32 Å². The van der Waals surface area contributed by atoms with E-state index in [1.807, 2.05) is 13.0 Å². The van der Waals surface area contributed by atoms with Crippen molar-refractivity contribution in [3.63, 3.8) is 0 Å². The fourth-order valence-electron chi connectivity index (χ4n) is 1.22. The highest BCUT2D eigenvalue weighted by Crippen LogP contribution is 2.20. The molecule has 3 amide bonds. The lowest BCUT2D eigenvalue weighted by atomic mass is 10.2. The van der Waals surface area contributed by atoms with Crippen molar-refractivity contribution in [2.24, 2.45) is 0 Å². The van der Waals surface area contributed by atoms with Gasteiger partial charge in [0.15, 0.2) is 0 Å². The molecule has 0 aliphatic rings. The molecule has 5 nitrogen and oxygen atoms in total. The lowest BCUT2D eigenvalue weighted by molar-refractivity contribution is -0.114. The zero-order valence-corrected chi connectivity index (χ0v) is 9.55. The minimum atomic E-state index is -0.289. The van der Waals surface area contributed by atoms with Crippen LogP contribution in [-0.4, -0.2) is 19.0 Å². The maximum Gasteiger partial charge on any atom is 0.318 e. The lowest BCUT2D eigenvalue weighted by Gasteiger charge is -2.10. The number of hydrogen-bond donors (Lipinski definition) is 3. The molecule has 0 radical (unpaired) electrons. The van der Waals surface area contributed by atoms with Gasteiger partial charge in [0.25, 0.3) is 0 Å². The topological polar surface area (TPSA) is 70.2 Å². The van der Waals surface area contributed by atoms with E-state index in [2.05, 4.69) is 16.0 Å². The normalized spacial score (nSPS) is 9.44. The molecule has 16 heavy (non-hydrogen) atoms. The maximum absolute atomic E-state index is 11.2. The van der Waals surface area contributed by atoms with Crippen molar-refractivity contribution >= 4 is 23.3 Å². The summed E-state index contributed by atoms with van der Waals surface area (Å²) in [5.41, 5.74) is 2.26. The van der Waals surface area contributed by atoms with Gasteiger partial charge in [-0.3, -0.25) is 4.79 Å². The quantitative estimate of drug-likeness (QED) is 0.711. The Hall–Kier alpha value is -2.04. The molecular weight excluding hydrogens is 206 g/mol. The fraction of sp³-hybridized carbons (Fsp3) is 0.273. The highest BCUT2D eigenvalue weighted by molar-refractivity contribution is 5.93. The van der Waals surface area contributed by atoms with E-state index < -0.39 is 0 Å². The van der Waals surface area contributed by atoms with Crippen LogP contribution in [0.5, 0.6) is 0 Å². The molecule has 0 heterocycles. The summed E-state index contributed by atoms with van der Waals surface area (Å²) < 4.78 is 0. The molecule has 1 aromatic rings. The molecule has 5 heteroatoms. The van der Waals surface area contributed by atoms with Crippen LogP contribution in [-0.2, 0) is 4.79 Å². The first-order chi connectivity index (χ1) is 7.52. The van der Waals surface area contributed by atoms with E-state index in [1.165, 1.54) is 6.92 Å². The highest BCUT2D eigenvalue weighted by atomic mass is 16.2. The Morgan fingerprint density at radius 2 is 1.88 bits per heavy atom. The van der Waals surface area contributed by atoms with Crippen molar-refractivity contribution in [3.8, 4) is 0 Å². The maximum atomic E-state index is 11.2. The molecule has 1 rings (SSSR count). The van der Waals surface area contributed by atoms with E-state index in [0.717, 1.165) is 5.56 Å². The molecule has 1 aromatic carbocycles. The van der Waals surface area contributed by atoms with Gasteiger partial charge >= 0.3 is 6.03 Å². The van der Waals surface area contributed by atoms with Gasteiger partial charge < -0.3 is 16.0 Å². The van der Waals surface area contributed by atoms with E-state index in [0.29, 0.717) is 11.4 Å². The van der Waals surface area contributed by atoms with Crippen molar-refractivity contribution in [2.45, 2.75) is 13.8 Å². The molecular formula is C11H15N3O2. The molecule has 86 valence electrons. The number of benzene rings is 1. The van der Waals surface area contributed by atoms with Gasteiger partial charge in [0.2, 0.25) is 5.91 Å². The Morgan fingerprint density at radius 3 is 2.44 bits per heavy atom. The molecule has 0 atom stereocenters. The molecule has 0 aliphatic heterocycles. The van der Waals surface area contributed by atoms with Gasteiger partial charge in [0, 0.05) is 25.3 Å². The van der Waals surface area contributed by atoms with Crippen LogP contribution in [0.3, 0.4) is 0 Å². The third kappa shape index (κ3) is 3.27. The summed E-state index contributed by atoms with van der Waals surface area (Å²) in [7, 11) is 1.54. The Bertz CT molecular complexity index is 416. The number of aryl methyl sites for hydroxylation is 1. The van der Waals surface area contributed by atoms with Crippen LogP contribution in [0, 0.1) is 6.92 Å². The Kier molecular flexibility index (Phi) is 3.88. The molecule has 3 N–H and O–H groups in total. The second kappa shape index (κ2) is 5.16. The smallest absolute Gasteiger partial charge is 0.318 e. The van der Waals surface area contributed by atoms with Gasteiger partial charge in [-0.1, -0.05) is 6.07 Å². The predicted molar refractivity (Wildman–Crippen MR) is 63.6 cm³/mol. The first kappa shape index (κ1) is 12.0. The minimum absolute atomic E-state index is 0.144. The highest BCUT2D eigenvalue weighted by Gasteiger charge is 2.04. The third-order valence-electron chi connectivity index (χ3n) is 2.03. The number of hydrogen-bond acceptors (Lipinski definition) is 2. The second-order valence-corrected chi connectivity index (χ2v) is 3.42. The Morgan fingerprint density at radius 1 is 1.19 bits per heavy atom. The largest absolute Gasteiger partial charge is 0.341 e. The summed E-state index contributed by atoms with van der Waals surface area (Å²) in [6.07, 6.45) is 0. The van der Waals surface area contributed by atoms with E-state index in [4.69, 9.17) is 0 Å². The van der Waals surface area contributed by atoms with Crippen molar-refractivity contribution in [3.05, 3.63) is 23.8 Å². The molecule has 0 aromatic heterocycles.